The molecule has 15 heavy (non-hydrogen) atoms. The van der Waals surface area contributed by atoms with Crippen LogP contribution in [-0.4, -0.2) is 28.7 Å². The summed E-state index contributed by atoms with van der Waals surface area (Å²) >= 11 is 0. The first kappa shape index (κ1) is 10.2. The van der Waals surface area contributed by atoms with Crippen LogP contribution in [0.15, 0.2) is 12.4 Å². The summed E-state index contributed by atoms with van der Waals surface area (Å²) < 4.78 is 5.29. The van der Waals surface area contributed by atoms with E-state index >= 15 is 0 Å². The van der Waals surface area contributed by atoms with Crippen molar-refractivity contribution >= 4 is 5.82 Å². The highest BCUT2D eigenvalue weighted by Gasteiger charge is 2.41. The van der Waals surface area contributed by atoms with Gasteiger partial charge in [0.1, 0.15) is 12.1 Å². The summed E-state index contributed by atoms with van der Waals surface area (Å²) in [7, 11) is 0. The maximum absolute atomic E-state index is 5.68. The molecule has 1 fully saturated rings. The number of nitrogens with zero attached hydrogens (tertiary/aromatic N) is 2. The molecule has 0 unspecified atom stereocenters. The molecule has 1 aliphatic carbocycles. The third-order valence-electron chi connectivity index (χ3n) is 2.57. The molecule has 0 radical (unpaired) electrons. The molecule has 2 rings (SSSR count). The van der Waals surface area contributed by atoms with Crippen LogP contribution in [0.1, 0.15) is 19.8 Å². The van der Waals surface area contributed by atoms with Gasteiger partial charge in [-0.15, -0.1) is 0 Å². The lowest BCUT2D eigenvalue weighted by Gasteiger charge is -2.15. The quantitative estimate of drug-likeness (QED) is 0.748. The van der Waals surface area contributed by atoms with E-state index in [1.807, 2.05) is 6.92 Å². The SMILES string of the molecule is CCOc1cc(NC2(CN)CC2)ncn1. The summed E-state index contributed by atoms with van der Waals surface area (Å²) in [6.45, 7) is 3.18. The number of hydrogen-bond donors (Lipinski definition) is 2. The van der Waals surface area contributed by atoms with Gasteiger partial charge in [-0.25, -0.2) is 9.97 Å². The molecule has 82 valence electrons. The summed E-state index contributed by atoms with van der Waals surface area (Å²) in [6.07, 6.45) is 3.72. The zero-order valence-electron chi connectivity index (χ0n) is 8.86. The van der Waals surface area contributed by atoms with E-state index in [2.05, 4.69) is 15.3 Å². The van der Waals surface area contributed by atoms with Crippen LogP contribution in [0.3, 0.4) is 0 Å². The van der Waals surface area contributed by atoms with E-state index in [0.29, 0.717) is 19.0 Å². The van der Waals surface area contributed by atoms with E-state index < -0.39 is 0 Å². The number of rotatable bonds is 5. The van der Waals surface area contributed by atoms with Crippen LogP contribution in [0.2, 0.25) is 0 Å². The van der Waals surface area contributed by atoms with Crippen molar-refractivity contribution in [3.63, 3.8) is 0 Å². The molecule has 0 atom stereocenters. The predicted molar refractivity (Wildman–Crippen MR) is 57.8 cm³/mol. The molecular formula is C10H16N4O. The fraction of sp³-hybridized carbons (Fsp3) is 0.600. The minimum absolute atomic E-state index is 0.0673. The average molecular weight is 208 g/mol. The lowest BCUT2D eigenvalue weighted by molar-refractivity contribution is 0.326. The molecule has 1 saturated carbocycles. The summed E-state index contributed by atoms with van der Waals surface area (Å²) in [5.74, 6) is 1.39. The summed E-state index contributed by atoms with van der Waals surface area (Å²) in [5, 5.41) is 3.32. The fourth-order valence-corrected chi connectivity index (χ4v) is 1.44. The Labute approximate surface area is 89.1 Å². The molecule has 0 amide bonds. The molecule has 1 aromatic rings. The summed E-state index contributed by atoms with van der Waals surface area (Å²) in [5.41, 5.74) is 5.74. The first-order chi connectivity index (χ1) is 7.28. The highest BCUT2D eigenvalue weighted by molar-refractivity contribution is 5.42. The van der Waals surface area contributed by atoms with Gasteiger partial charge < -0.3 is 15.8 Å². The zero-order valence-corrected chi connectivity index (χ0v) is 8.86. The molecule has 0 bridgehead atoms. The largest absolute Gasteiger partial charge is 0.478 e. The van der Waals surface area contributed by atoms with E-state index in [4.69, 9.17) is 10.5 Å². The van der Waals surface area contributed by atoms with Crippen LogP contribution in [0.4, 0.5) is 5.82 Å². The van der Waals surface area contributed by atoms with Gasteiger partial charge in [-0.05, 0) is 19.8 Å². The lowest BCUT2D eigenvalue weighted by atomic mass is 10.3. The molecule has 0 saturated heterocycles. The van der Waals surface area contributed by atoms with E-state index in [1.165, 1.54) is 6.33 Å². The Hall–Kier alpha value is -1.36. The van der Waals surface area contributed by atoms with Gasteiger partial charge >= 0.3 is 0 Å². The van der Waals surface area contributed by atoms with Crippen molar-refractivity contribution in [3.8, 4) is 5.88 Å². The molecular weight excluding hydrogens is 192 g/mol. The normalized spacial score (nSPS) is 17.2. The minimum atomic E-state index is 0.0673. The molecule has 5 heteroatoms. The monoisotopic (exact) mass is 208 g/mol. The number of nitrogens with one attached hydrogen (secondary N) is 1. The van der Waals surface area contributed by atoms with Crippen molar-refractivity contribution in [2.45, 2.75) is 25.3 Å². The maximum atomic E-state index is 5.68. The van der Waals surface area contributed by atoms with Gasteiger partial charge in [-0.2, -0.15) is 0 Å². The van der Waals surface area contributed by atoms with Gasteiger partial charge in [0, 0.05) is 12.6 Å². The predicted octanol–water partition coefficient (Wildman–Crippen LogP) is 0.778. The number of hydrogen-bond acceptors (Lipinski definition) is 5. The number of ether oxygens (including phenoxy) is 1. The van der Waals surface area contributed by atoms with Crippen LogP contribution in [0.25, 0.3) is 0 Å². The van der Waals surface area contributed by atoms with Gasteiger partial charge in [0.05, 0.1) is 12.1 Å². The van der Waals surface area contributed by atoms with Crippen molar-refractivity contribution in [2.24, 2.45) is 5.73 Å². The van der Waals surface area contributed by atoms with Crippen LogP contribution in [0.5, 0.6) is 5.88 Å². The van der Waals surface area contributed by atoms with Gasteiger partial charge in [0.15, 0.2) is 0 Å². The number of aromatic nitrogens is 2. The number of nitrogens with two attached hydrogens (primary N) is 1. The molecule has 0 spiro atoms. The number of anilines is 1. The minimum Gasteiger partial charge on any atom is -0.478 e. The Morgan fingerprint density at radius 1 is 1.53 bits per heavy atom. The Bertz CT molecular complexity index is 338. The average Bonchev–Trinajstić information content (AvgIpc) is 3.00. The van der Waals surface area contributed by atoms with E-state index in [-0.39, 0.29) is 5.54 Å². The van der Waals surface area contributed by atoms with Gasteiger partial charge in [-0.1, -0.05) is 0 Å². The van der Waals surface area contributed by atoms with E-state index in [9.17, 15) is 0 Å². The lowest BCUT2D eigenvalue weighted by Crippen LogP contribution is -2.31. The van der Waals surface area contributed by atoms with Crippen molar-refractivity contribution in [2.75, 3.05) is 18.5 Å². The second-order valence-corrected chi connectivity index (χ2v) is 3.78. The Kier molecular flexibility index (Phi) is 2.73. The molecule has 5 nitrogen and oxygen atoms in total. The Balaban J connectivity index is 2.05. The molecule has 1 aliphatic rings. The zero-order chi connectivity index (χ0) is 10.7. The van der Waals surface area contributed by atoms with Crippen LogP contribution < -0.4 is 15.8 Å². The topological polar surface area (TPSA) is 73.1 Å². The molecule has 0 aromatic carbocycles. The standard InChI is InChI=1S/C10H16N4O/c1-2-15-9-5-8(12-7-13-9)14-10(6-11)3-4-10/h5,7H,2-4,6,11H2,1H3,(H,12,13,14). The first-order valence-corrected chi connectivity index (χ1v) is 5.21. The molecule has 3 N–H and O–H groups in total. The third-order valence-corrected chi connectivity index (χ3v) is 2.57. The third kappa shape index (κ3) is 2.36. The summed E-state index contributed by atoms with van der Waals surface area (Å²) in [4.78, 5) is 8.14. The highest BCUT2D eigenvalue weighted by atomic mass is 16.5. The second kappa shape index (κ2) is 4.02. The van der Waals surface area contributed by atoms with Crippen molar-refractivity contribution < 1.29 is 4.74 Å². The van der Waals surface area contributed by atoms with Crippen molar-refractivity contribution in [3.05, 3.63) is 12.4 Å². The molecule has 1 heterocycles. The van der Waals surface area contributed by atoms with E-state index in [1.54, 1.807) is 6.07 Å². The fourth-order valence-electron chi connectivity index (χ4n) is 1.44. The van der Waals surface area contributed by atoms with Crippen molar-refractivity contribution in [1.29, 1.82) is 0 Å². The maximum Gasteiger partial charge on any atom is 0.218 e. The van der Waals surface area contributed by atoms with Gasteiger partial charge in [0.25, 0.3) is 0 Å². The Morgan fingerprint density at radius 2 is 2.33 bits per heavy atom. The van der Waals surface area contributed by atoms with Crippen molar-refractivity contribution in [1.82, 2.24) is 9.97 Å². The Morgan fingerprint density at radius 3 is 2.93 bits per heavy atom. The summed E-state index contributed by atoms with van der Waals surface area (Å²) in [6, 6.07) is 1.80. The van der Waals surface area contributed by atoms with Crippen LogP contribution in [0, 0.1) is 0 Å². The molecule has 0 aliphatic heterocycles. The van der Waals surface area contributed by atoms with Crippen LogP contribution in [-0.2, 0) is 0 Å². The molecule has 1 aromatic heterocycles. The van der Waals surface area contributed by atoms with E-state index in [0.717, 1.165) is 18.7 Å². The second-order valence-electron chi connectivity index (χ2n) is 3.78. The van der Waals surface area contributed by atoms with Gasteiger partial charge in [-0.3, -0.25) is 0 Å². The smallest absolute Gasteiger partial charge is 0.218 e. The highest BCUT2D eigenvalue weighted by Crippen LogP contribution is 2.37. The van der Waals surface area contributed by atoms with Crippen LogP contribution >= 0.6 is 0 Å². The van der Waals surface area contributed by atoms with Gasteiger partial charge in [0.2, 0.25) is 5.88 Å². The first-order valence-electron chi connectivity index (χ1n) is 5.21.